The molecule has 0 aliphatic carbocycles. The Labute approximate surface area is 168 Å². The van der Waals surface area contributed by atoms with Gasteiger partial charge in [-0.05, 0) is 36.2 Å². The van der Waals surface area contributed by atoms with E-state index in [1.54, 1.807) is 23.2 Å². The molecule has 0 saturated heterocycles. The third-order valence-electron chi connectivity index (χ3n) is 5.64. The fourth-order valence-corrected chi connectivity index (χ4v) is 4.43. The summed E-state index contributed by atoms with van der Waals surface area (Å²) in [5, 5.41) is 0.0222. The highest BCUT2D eigenvalue weighted by atomic mass is 35.5. The average molecular weight is 401 g/mol. The fraction of sp³-hybridized carbons (Fsp3) is 0.333. The normalized spacial score (nSPS) is 19.5. The van der Waals surface area contributed by atoms with Crippen LogP contribution in [-0.4, -0.2) is 47.4 Å². The number of rotatable bonds is 5. The molecule has 0 spiro atoms. The Morgan fingerprint density at radius 2 is 2.18 bits per heavy atom. The number of amides is 1. The maximum atomic E-state index is 14.6. The molecule has 2 atom stereocenters. The van der Waals surface area contributed by atoms with Gasteiger partial charge in [0.1, 0.15) is 5.82 Å². The van der Waals surface area contributed by atoms with Crippen molar-refractivity contribution in [2.24, 2.45) is 5.73 Å². The van der Waals surface area contributed by atoms with Crippen LogP contribution in [0.15, 0.2) is 54.0 Å². The van der Waals surface area contributed by atoms with Crippen LogP contribution in [0, 0.1) is 5.82 Å². The number of aromatic nitrogens is 1. The largest absolute Gasteiger partial charge is 0.365 e. The summed E-state index contributed by atoms with van der Waals surface area (Å²) < 4.78 is 14.6. The first-order valence-electron chi connectivity index (χ1n) is 9.30. The number of pyridine rings is 1. The Balaban J connectivity index is 1.55. The molecule has 4 rings (SSSR count). The zero-order valence-electron chi connectivity index (χ0n) is 15.6. The topological polar surface area (TPSA) is 62.5 Å². The maximum absolute atomic E-state index is 14.6. The van der Waals surface area contributed by atoms with Crippen LogP contribution < -0.4 is 5.73 Å². The zero-order valence-corrected chi connectivity index (χ0v) is 16.4. The van der Waals surface area contributed by atoms with Gasteiger partial charge in [-0.3, -0.25) is 9.78 Å². The molecule has 5 nitrogen and oxygen atoms in total. The maximum Gasteiger partial charge on any atom is 0.230 e. The Kier molecular flexibility index (Phi) is 5.08. The summed E-state index contributed by atoms with van der Waals surface area (Å²) in [5.41, 5.74) is 9.53. The second kappa shape index (κ2) is 7.53. The Bertz CT molecular complexity index is 933. The molecule has 2 aliphatic heterocycles. The highest BCUT2D eigenvalue weighted by Gasteiger charge is 2.44. The second-order valence-electron chi connectivity index (χ2n) is 7.24. The number of benzene rings is 1. The van der Waals surface area contributed by atoms with Crippen molar-refractivity contribution in [2.75, 3.05) is 26.7 Å². The van der Waals surface area contributed by atoms with E-state index in [0.717, 1.165) is 11.3 Å². The number of nitrogens with zero attached hydrogens (tertiary/aromatic N) is 3. The van der Waals surface area contributed by atoms with Crippen LogP contribution in [-0.2, 0) is 4.79 Å². The number of hydrogen-bond acceptors (Lipinski definition) is 4. The molecule has 0 fully saturated rings. The molecule has 3 heterocycles. The number of carbonyl (C=O) groups is 1. The molecule has 146 valence electrons. The number of nitrogens with two attached hydrogens (primary N) is 1. The number of carbonyl (C=O) groups excluding carboxylic acids is 1. The monoisotopic (exact) mass is 400 g/mol. The van der Waals surface area contributed by atoms with E-state index in [2.05, 4.69) is 9.88 Å². The van der Waals surface area contributed by atoms with Crippen LogP contribution in [0.4, 0.5) is 4.39 Å². The van der Waals surface area contributed by atoms with Crippen molar-refractivity contribution in [2.45, 2.75) is 18.4 Å². The average Bonchev–Trinajstić information content (AvgIpc) is 3.09. The van der Waals surface area contributed by atoms with E-state index in [9.17, 15) is 9.18 Å². The lowest BCUT2D eigenvalue weighted by atomic mass is 9.90. The predicted octanol–water partition coefficient (Wildman–Crippen LogP) is 3.09. The summed E-state index contributed by atoms with van der Waals surface area (Å²) in [4.78, 5) is 21.4. The van der Waals surface area contributed by atoms with Gasteiger partial charge in [-0.15, -0.1) is 0 Å². The fourth-order valence-electron chi connectivity index (χ4n) is 4.25. The zero-order chi connectivity index (χ0) is 19.8. The molecule has 7 heteroatoms. The van der Waals surface area contributed by atoms with E-state index in [-0.39, 0.29) is 17.0 Å². The van der Waals surface area contributed by atoms with Crippen LogP contribution in [0.1, 0.15) is 29.5 Å². The minimum absolute atomic E-state index is 0.0222. The summed E-state index contributed by atoms with van der Waals surface area (Å²) in [7, 11) is 2.03. The van der Waals surface area contributed by atoms with Crippen molar-refractivity contribution >= 4 is 17.5 Å². The highest BCUT2D eigenvalue weighted by molar-refractivity contribution is 6.30. The first-order chi connectivity index (χ1) is 13.5. The Morgan fingerprint density at radius 1 is 1.36 bits per heavy atom. The summed E-state index contributed by atoms with van der Waals surface area (Å²) >= 11 is 5.93. The lowest BCUT2D eigenvalue weighted by Gasteiger charge is -2.41. The number of hydrogen-bond donors (Lipinski definition) is 1. The van der Waals surface area contributed by atoms with Gasteiger partial charge in [0.15, 0.2) is 0 Å². The second-order valence-corrected chi connectivity index (χ2v) is 7.65. The Morgan fingerprint density at radius 3 is 2.89 bits per heavy atom. The number of halogens is 2. The van der Waals surface area contributed by atoms with Crippen LogP contribution in [0.3, 0.4) is 0 Å². The summed E-state index contributed by atoms with van der Waals surface area (Å²) in [6.07, 6.45) is 3.98. The SMILES string of the molecule is CN1C2=C(CN(C(=O)C(CCN)c3cccc(Cl)c3F)C2)C1c1cccnc1. The van der Waals surface area contributed by atoms with Crippen LogP contribution in [0.5, 0.6) is 0 Å². The first-order valence-corrected chi connectivity index (χ1v) is 9.68. The molecule has 1 aromatic heterocycles. The van der Waals surface area contributed by atoms with Gasteiger partial charge in [0, 0.05) is 37.2 Å². The molecule has 0 bridgehead atoms. The lowest BCUT2D eigenvalue weighted by Crippen LogP contribution is -2.36. The molecule has 1 amide bonds. The Hall–Kier alpha value is -2.44. The van der Waals surface area contributed by atoms with E-state index in [0.29, 0.717) is 31.6 Å². The minimum atomic E-state index is -0.635. The van der Waals surface area contributed by atoms with Gasteiger partial charge in [0.2, 0.25) is 5.91 Å². The van der Waals surface area contributed by atoms with Gasteiger partial charge in [-0.1, -0.05) is 29.8 Å². The van der Waals surface area contributed by atoms with Crippen molar-refractivity contribution in [1.29, 1.82) is 0 Å². The van der Waals surface area contributed by atoms with Crippen LogP contribution >= 0.6 is 11.6 Å². The molecular formula is C21H22ClFN4O. The smallest absolute Gasteiger partial charge is 0.230 e. The van der Waals surface area contributed by atoms with Gasteiger partial charge >= 0.3 is 0 Å². The molecule has 2 unspecified atom stereocenters. The van der Waals surface area contributed by atoms with Gasteiger partial charge in [0.25, 0.3) is 0 Å². The van der Waals surface area contributed by atoms with Crippen LogP contribution in [0.2, 0.25) is 5.02 Å². The summed E-state index contributed by atoms with van der Waals surface area (Å²) in [6.45, 7) is 1.37. The van der Waals surface area contributed by atoms with E-state index in [4.69, 9.17) is 17.3 Å². The number of likely N-dealkylation sites (N-methyl/N-ethyl adjacent to an activating group) is 1. The van der Waals surface area contributed by atoms with Gasteiger partial charge < -0.3 is 15.5 Å². The third kappa shape index (κ3) is 3.06. The van der Waals surface area contributed by atoms with Crippen molar-refractivity contribution in [3.8, 4) is 0 Å². The quantitative estimate of drug-likeness (QED) is 0.837. The third-order valence-corrected chi connectivity index (χ3v) is 5.93. The summed E-state index contributed by atoms with van der Waals surface area (Å²) in [6, 6.07) is 8.87. The van der Waals surface area contributed by atoms with E-state index in [1.807, 2.05) is 25.4 Å². The van der Waals surface area contributed by atoms with E-state index >= 15 is 0 Å². The molecule has 0 radical (unpaired) electrons. The molecule has 1 aromatic carbocycles. The predicted molar refractivity (Wildman–Crippen MR) is 106 cm³/mol. The van der Waals surface area contributed by atoms with Crippen molar-refractivity contribution in [1.82, 2.24) is 14.8 Å². The molecule has 2 aromatic rings. The van der Waals surface area contributed by atoms with Crippen molar-refractivity contribution in [3.05, 3.63) is 76.0 Å². The minimum Gasteiger partial charge on any atom is -0.365 e. The highest BCUT2D eigenvalue weighted by Crippen LogP contribution is 2.45. The van der Waals surface area contributed by atoms with Crippen LogP contribution in [0.25, 0.3) is 0 Å². The van der Waals surface area contributed by atoms with Gasteiger partial charge in [-0.2, -0.15) is 0 Å². The van der Waals surface area contributed by atoms with Gasteiger partial charge in [0.05, 0.1) is 23.5 Å². The molecule has 2 aliphatic rings. The molecule has 28 heavy (non-hydrogen) atoms. The summed E-state index contributed by atoms with van der Waals surface area (Å²) in [5.74, 6) is -1.28. The molecule has 2 N–H and O–H groups in total. The molecular weight excluding hydrogens is 379 g/mol. The van der Waals surface area contributed by atoms with Crippen molar-refractivity contribution < 1.29 is 9.18 Å². The standard InChI is InChI=1S/C21H22ClFN4O/c1-26-18-12-27(11-16(18)20(26)13-4-3-9-25-10-13)21(28)15(7-8-24)14-5-2-6-17(22)19(14)23/h2-6,9-10,15,20H,7-8,11-12,24H2,1H3. The molecule has 0 saturated carbocycles. The lowest BCUT2D eigenvalue weighted by molar-refractivity contribution is -0.131. The van der Waals surface area contributed by atoms with Crippen molar-refractivity contribution in [3.63, 3.8) is 0 Å². The first kappa shape index (κ1) is 18.9. The van der Waals surface area contributed by atoms with Gasteiger partial charge in [-0.25, -0.2) is 4.39 Å². The van der Waals surface area contributed by atoms with E-state index < -0.39 is 11.7 Å². The van der Waals surface area contributed by atoms with E-state index in [1.165, 1.54) is 11.6 Å².